The van der Waals surface area contributed by atoms with Gasteiger partial charge in [-0.3, -0.25) is 4.79 Å². The van der Waals surface area contributed by atoms with Crippen molar-refractivity contribution in [3.63, 3.8) is 0 Å². The average molecular weight is 354 g/mol. The Balaban J connectivity index is 1.96. The predicted octanol–water partition coefficient (Wildman–Crippen LogP) is 4.01. The number of aryl methyl sites for hydroxylation is 1. The van der Waals surface area contributed by atoms with E-state index in [4.69, 9.17) is 0 Å². The summed E-state index contributed by atoms with van der Waals surface area (Å²) in [6.45, 7) is 2.21. The Morgan fingerprint density at radius 2 is 1.81 bits per heavy atom. The fourth-order valence-corrected chi connectivity index (χ4v) is 2.41. The van der Waals surface area contributed by atoms with Gasteiger partial charge in [0.25, 0.3) is 5.91 Å². The molecule has 0 aliphatic rings. The normalized spacial score (nSPS) is 10.5. The first-order valence-corrected chi connectivity index (χ1v) is 7.24. The summed E-state index contributed by atoms with van der Waals surface area (Å²) in [4.78, 5) is 12.1. The Kier molecular flexibility index (Phi) is 5.07. The molecule has 2 aromatic rings. The van der Waals surface area contributed by atoms with E-state index in [1.807, 2.05) is 19.1 Å². The molecule has 1 amide bonds. The third-order valence-corrected chi connectivity index (χ3v) is 3.68. The molecule has 5 heteroatoms. The molecule has 0 bridgehead atoms. The number of hydrogen-bond donors (Lipinski definition) is 1. The second-order valence-corrected chi connectivity index (χ2v) is 5.62. The number of benzene rings is 2. The van der Waals surface area contributed by atoms with Crippen LogP contribution in [0, 0.1) is 18.6 Å². The zero-order valence-corrected chi connectivity index (χ0v) is 13.0. The molecule has 0 atom stereocenters. The highest BCUT2D eigenvalue weighted by molar-refractivity contribution is 9.10. The molecule has 0 radical (unpaired) electrons. The first-order valence-electron chi connectivity index (χ1n) is 6.45. The maximum Gasteiger partial charge on any atom is 0.252 e. The van der Waals surface area contributed by atoms with Crippen LogP contribution in [0.4, 0.5) is 8.78 Å². The number of amides is 1. The van der Waals surface area contributed by atoms with E-state index in [1.165, 1.54) is 12.1 Å². The van der Waals surface area contributed by atoms with Gasteiger partial charge in [0.1, 0.15) is 11.6 Å². The molecule has 0 spiro atoms. The molecule has 2 rings (SSSR count). The first kappa shape index (κ1) is 15.6. The van der Waals surface area contributed by atoms with Crippen LogP contribution < -0.4 is 5.32 Å². The summed E-state index contributed by atoms with van der Waals surface area (Å²) in [7, 11) is 0. The Bertz CT molecular complexity index is 653. The van der Waals surface area contributed by atoms with Gasteiger partial charge in [0.2, 0.25) is 0 Å². The van der Waals surface area contributed by atoms with E-state index in [0.717, 1.165) is 11.6 Å². The van der Waals surface area contributed by atoms with E-state index >= 15 is 0 Å². The van der Waals surface area contributed by atoms with E-state index in [1.54, 1.807) is 6.07 Å². The van der Waals surface area contributed by atoms with Gasteiger partial charge in [0, 0.05) is 17.1 Å². The van der Waals surface area contributed by atoms with Crippen LogP contribution in [0.1, 0.15) is 21.5 Å². The Morgan fingerprint density at radius 3 is 2.48 bits per heavy atom. The topological polar surface area (TPSA) is 29.1 Å². The van der Waals surface area contributed by atoms with Crippen molar-refractivity contribution in [1.82, 2.24) is 5.32 Å². The second-order valence-electron chi connectivity index (χ2n) is 4.77. The minimum atomic E-state index is -0.613. The maximum absolute atomic E-state index is 13.0. The predicted molar refractivity (Wildman–Crippen MR) is 81.3 cm³/mol. The molecule has 0 aromatic heterocycles. The smallest absolute Gasteiger partial charge is 0.252 e. The number of carbonyl (C=O) groups excluding carboxylic acids is 1. The number of hydrogen-bond acceptors (Lipinski definition) is 1. The Hall–Kier alpha value is -1.75. The Morgan fingerprint density at radius 1 is 1.14 bits per heavy atom. The van der Waals surface area contributed by atoms with Crippen LogP contribution in [-0.4, -0.2) is 12.5 Å². The summed E-state index contributed by atoms with van der Waals surface area (Å²) in [5.74, 6) is -1.45. The molecule has 1 N–H and O–H groups in total. The largest absolute Gasteiger partial charge is 0.352 e. The van der Waals surface area contributed by atoms with Crippen LogP contribution in [0.5, 0.6) is 0 Å². The van der Waals surface area contributed by atoms with Crippen molar-refractivity contribution in [2.45, 2.75) is 13.3 Å². The number of nitrogens with one attached hydrogen (secondary N) is 1. The molecule has 0 heterocycles. The molecule has 0 unspecified atom stereocenters. The van der Waals surface area contributed by atoms with Crippen LogP contribution in [0.25, 0.3) is 0 Å². The van der Waals surface area contributed by atoms with Gasteiger partial charge in [0.05, 0.1) is 5.56 Å². The van der Waals surface area contributed by atoms with Gasteiger partial charge in [-0.1, -0.05) is 11.6 Å². The van der Waals surface area contributed by atoms with Gasteiger partial charge in [0.15, 0.2) is 0 Å². The lowest BCUT2D eigenvalue weighted by molar-refractivity contribution is 0.0953. The third-order valence-electron chi connectivity index (χ3n) is 2.99. The van der Waals surface area contributed by atoms with Crippen LogP contribution in [0.2, 0.25) is 0 Å². The highest BCUT2D eigenvalue weighted by atomic mass is 79.9. The minimum Gasteiger partial charge on any atom is -0.352 e. The fraction of sp³-hybridized carbons (Fsp3) is 0.188. The molecular weight excluding hydrogens is 340 g/mol. The van der Waals surface area contributed by atoms with E-state index in [2.05, 4.69) is 21.2 Å². The highest BCUT2D eigenvalue weighted by Crippen LogP contribution is 2.18. The van der Waals surface area contributed by atoms with Crippen molar-refractivity contribution in [3.8, 4) is 0 Å². The molecule has 110 valence electrons. The average Bonchev–Trinajstić information content (AvgIpc) is 2.40. The standard InChI is InChI=1S/C16H14BrF2NO/c1-10-2-3-15(17)14(6-10)16(21)20-5-4-11-7-12(18)9-13(19)8-11/h2-3,6-9H,4-5H2,1H3,(H,20,21). The van der Waals surface area contributed by atoms with Gasteiger partial charge < -0.3 is 5.32 Å². The van der Waals surface area contributed by atoms with Crippen LogP contribution in [0.15, 0.2) is 40.9 Å². The van der Waals surface area contributed by atoms with E-state index < -0.39 is 11.6 Å². The summed E-state index contributed by atoms with van der Waals surface area (Å²) in [5, 5.41) is 2.74. The first-order chi connectivity index (χ1) is 9.95. The van der Waals surface area contributed by atoms with Crippen LogP contribution in [0.3, 0.4) is 0 Å². The van der Waals surface area contributed by atoms with Crippen molar-refractivity contribution < 1.29 is 13.6 Å². The monoisotopic (exact) mass is 353 g/mol. The zero-order chi connectivity index (χ0) is 15.4. The molecule has 0 saturated heterocycles. The van der Waals surface area contributed by atoms with Crippen molar-refractivity contribution in [2.75, 3.05) is 6.54 Å². The van der Waals surface area contributed by atoms with Gasteiger partial charge in [-0.25, -0.2) is 8.78 Å². The Labute approximate surface area is 130 Å². The molecule has 0 fully saturated rings. The quantitative estimate of drug-likeness (QED) is 0.883. The van der Waals surface area contributed by atoms with E-state index in [-0.39, 0.29) is 5.91 Å². The van der Waals surface area contributed by atoms with Crippen molar-refractivity contribution in [3.05, 3.63) is 69.2 Å². The number of rotatable bonds is 4. The minimum absolute atomic E-state index is 0.220. The van der Waals surface area contributed by atoms with Crippen LogP contribution >= 0.6 is 15.9 Å². The van der Waals surface area contributed by atoms with Crippen molar-refractivity contribution >= 4 is 21.8 Å². The second kappa shape index (κ2) is 6.80. The van der Waals surface area contributed by atoms with Gasteiger partial charge in [-0.15, -0.1) is 0 Å². The molecule has 0 saturated carbocycles. The van der Waals surface area contributed by atoms with Crippen LogP contribution in [-0.2, 0) is 6.42 Å². The van der Waals surface area contributed by atoms with Gasteiger partial charge >= 0.3 is 0 Å². The summed E-state index contributed by atoms with van der Waals surface area (Å²) < 4.78 is 26.8. The molecule has 2 aromatic carbocycles. The van der Waals surface area contributed by atoms with Gasteiger partial charge in [-0.05, 0) is 59.1 Å². The lowest BCUT2D eigenvalue weighted by Crippen LogP contribution is -2.26. The summed E-state index contributed by atoms with van der Waals surface area (Å²) in [5.41, 5.74) is 2.03. The molecule has 2 nitrogen and oxygen atoms in total. The summed E-state index contributed by atoms with van der Waals surface area (Å²) in [6.07, 6.45) is 0.365. The lowest BCUT2D eigenvalue weighted by Gasteiger charge is -2.08. The highest BCUT2D eigenvalue weighted by Gasteiger charge is 2.09. The van der Waals surface area contributed by atoms with Crippen molar-refractivity contribution in [1.29, 1.82) is 0 Å². The molecule has 0 aliphatic carbocycles. The third kappa shape index (κ3) is 4.36. The van der Waals surface area contributed by atoms with Gasteiger partial charge in [-0.2, -0.15) is 0 Å². The SMILES string of the molecule is Cc1ccc(Br)c(C(=O)NCCc2cc(F)cc(F)c2)c1. The number of halogens is 3. The summed E-state index contributed by atoms with van der Waals surface area (Å²) >= 11 is 3.33. The fourth-order valence-electron chi connectivity index (χ4n) is 1.98. The lowest BCUT2D eigenvalue weighted by atomic mass is 10.1. The van der Waals surface area contributed by atoms with E-state index in [0.29, 0.717) is 28.6 Å². The van der Waals surface area contributed by atoms with Crippen molar-refractivity contribution in [2.24, 2.45) is 0 Å². The molecular formula is C16H14BrF2NO. The zero-order valence-electron chi connectivity index (χ0n) is 11.4. The summed E-state index contributed by atoms with van der Waals surface area (Å²) in [6, 6.07) is 8.84. The maximum atomic E-state index is 13.0. The molecule has 21 heavy (non-hydrogen) atoms. The molecule has 0 aliphatic heterocycles. The number of carbonyl (C=O) groups is 1. The van der Waals surface area contributed by atoms with E-state index in [9.17, 15) is 13.6 Å².